The fourth-order valence-electron chi connectivity index (χ4n) is 3.75. The zero-order chi connectivity index (χ0) is 26.6. The number of thiazole rings is 1. The molecule has 0 radical (unpaired) electrons. The number of carbonyl (C=O) groups is 1. The Morgan fingerprint density at radius 3 is 2.14 bits per heavy atom. The monoisotopic (exact) mass is 534 g/mol. The predicted octanol–water partition coefficient (Wildman–Crippen LogP) is 4.95. The van der Waals surface area contributed by atoms with Crippen molar-refractivity contribution < 1.29 is 17.6 Å². The quantitative estimate of drug-likeness (QED) is 0.348. The van der Waals surface area contributed by atoms with Crippen molar-refractivity contribution >= 4 is 42.6 Å². The summed E-state index contributed by atoms with van der Waals surface area (Å²) in [5.74, 6) is -0.273. The van der Waals surface area contributed by atoms with Gasteiger partial charge < -0.3 is 4.90 Å². The summed E-state index contributed by atoms with van der Waals surface area (Å²) in [5.41, 5.74) is 0.980. The number of anilines is 1. The number of likely N-dealkylation sites (N-methyl/N-ethyl adjacent to an activating group) is 1. The van der Waals surface area contributed by atoms with Gasteiger partial charge in [-0.15, -0.1) is 0 Å². The van der Waals surface area contributed by atoms with Crippen LogP contribution in [-0.2, 0) is 10.0 Å². The van der Waals surface area contributed by atoms with Crippen LogP contribution in [0.2, 0.25) is 0 Å². The Kier molecular flexibility index (Phi) is 9.21. The number of aromatic nitrogens is 1. The van der Waals surface area contributed by atoms with Gasteiger partial charge in [0, 0.05) is 31.7 Å². The van der Waals surface area contributed by atoms with Crippen LogP contribution in [0.5, 0.6) is 0 Å². The number of rotatable bonds is 11. The number of benzene rings is 2. The van der Waals surface area contributed by atoms with Gasteiger partial charge in [0.15, 0.2) is 5.13 Å². The van der Waals surface area contributed by atoms with Crippen molar-refractivity contribution in [1.82, 2.24) is 14.2 Å². The van der Waals surface area contributed by atoms with Gasteiger partial charge in [0.05, 0.1) is 15.1 Å². The molecular weight excluding hydrogens is 499 g/mol. The topological polar surface area (TPSA) is 73.8 Å². The lowest BCUT2D eigenvalue weighted by Gasteiger charge is -2.26. The highest BCUT2D eigenvalue weighted by Crippen LogP contribution is 2.30. The van der Waals surface area contributed by atoms with E-state index in [-0.39, 0.29) is 28.5 Å². The second-order valence-corrected chi connectivity index (χ2v) is 12.9. The Hall–Kier alpha value is -2.40. The first kappa shape index (κ1) is 28.2. The third-order valence-corrected chi connectivity index (χ3v) is 8.35. The van der Waals surface area contributed by atoms with Crippen molar-refractivity contribution in [1.29, 1.82) is 0 Å². The molecule has 2 aromatic carbocycles. The van der Waals surface area contributed by atoms with Gasteiger partial charge >= 0.3 is 0 Å². The van der Waals surface area contributed by atoms with Crippen LogP contribution in [0.15, 0.2) is 47.4 Å². The second-order valence-electron chi connectivity index (χ2n) is 10.0. The zero-order valence-electron chi connectivity index (χ0n) is 21.7. The number of halogens is 1. The maximum Gasteiger partial charge on any atom is 0.260 e. The van der Waals surface area contributed by atoms with Gasteiger partial charge in [-0.3, -0.25) is 9.69 Å². The molecule has 3 rings (SSSR count). The SMILES string of the molecule is CC(C)CN(CC(C)C)S(=O)(=O)c1ccc(C(=O)N(CCN(C)C)c2nc3ccc(F)cc3s2)cc1. The van der Waals surface area contributed by atoms with Crippen molar-refractivity contribution in [3.05, 3.63) is 53.8 Å². The Morgan fingerprint density at radius 2 is 1.58 bits per heavy atom. The van der Waals surface area contributed by atoms with Gasteiger partial charge in [0.25, 0.3) is 5.91 Å². The van der Waals surface area contributed by atoms with E-state index in [1.54, 1.807) is 23.1 Å². The molecular formula is C26H35FN4O3S2. The van der Waals surface area contributed by atoms with Crippen molar-refractivity contribution in [2.75, 3.05) is 45.2 Å². The van der Waals surface area contributed by atoms with E-state index in [1.807, 2.05) is 46.7 Å². The fraction of sp³-hybridized carbons (Fsp3) is 0.462. The lowest BCUT2D eigenvalue weighted by atomic mass is 10.2. The van der Waals surface area contributed by atoms with E-state index in [4.69, 9.17) is 0 Å². The molecule has 1 amide bonds. The second kappa shape index (κ2) is 11.8. The number of hydrogen-bond donors (Lipinski definition) is 0. The highest BCUT2D eigenvalue weighted by Gasteiger charge is 2.27. The number of fused-ring (bicyclic) bond motifs is 1. The normalized spacial score (nSPS) is 12.4. The van der Waals surface area contributed by atoms with E-state index in [9.17, 15) is 17.6 Å². The van der Waals surface area contributed by atoms with E-state index < -0.39 is 10.0 Å². The molecule has 0 atom stereocenters. The summed E-state index contributed by atoms with van der Waals surface area (Å²) in [6, 6.07) is 10.4. The van der Waals surface area contributed by atoms with Crippen molar-refractivity contribution in [3.63, 3.8) is 0 Å². The molecule has 0 saturated carbocycles. The first-order valence-electron chi connectivity index (χ1n) is 12.0. The van der Waals surface area contributed by atoms with E-state index in [2.05, 4.69) is 4.98 Å². The molecule has 7 nitrogen and oxygen atoms in total. The first-order chi connectivity index (χ1) is 16.9. The van der Waals surface area contributed by atoms with E-state index >= 15 is 0 Å². The summed E-state index contributed by atoms with van der Waals surface area (Å²) in [7, 11) is 0.133. The average Bonchev–Trinajstić information content (AvgIpc) is 3.20. The first-order valence-corrected chi connectivity index (χ1v) is 14.3. The molecule has 1 aromatic heterocycles. The molecule has 196 valence electrons. The van der Waals surface area contributed by atoms with E-state index in [0.29, 0.717) is 47.1 Å². The molecule has 0 spiro atoms. The van der Waals surface area contributed by atoms with Crippen molar-refractivity contribution in [2.45, 2.75) is 32.6 Å². The van der Waals surface area contributed by atoms with Crippen LogP contribution in [0.1, 0.15) is 38.1 Å². The maximum atomic E-state index is 13.7. The minimum atomic E-state index is -3.69. The fourth-order valence-corrected chi connectivity index (χ4v) is 6.53. The largest absolute Gasteiger partial charge is 0.308 e. The summed E-state index contributed by atoms with van der Waals surface area (Å²) in [5, 5.41) is 0.471. The average molecular weight is 535 g/mol. The van der Waals surface area contributed by atoms with Gasteiger partial charge in [0.1, 0.15) is 5.82 Å². The van der Waals surface area contributed by atoms with Crippen LogP contribution in [0.4, 0.5) is 9.52 Å². The van der Waals surface area contributed by atoms with Gasteiger partial charge in [-0.2, -0.15) is 4.31 Å². The molecule has 1 heterocycles. The van der Waals surface area contributed by atoms with Gasteiger partial charge in [-0.25, -0.2) is 17.8 Å². The maximum absolute atomic E-state index is 13.7. The lowest BCUT2D eigenvalue weighted by Crippen LogP contribution is -2.37. The summed E-state index contributed by atoms with van der Waals surface area (Å²) >= 11 is 1.25. The standard InChI is InChI=1S/C26H35FN4O3S2/c1-18(2)16-30(17-19(3)4)36(33,34)22-10-7-20(8-11-22)25(32)31(14-13-29(5)6)26-28-23-12-9-21(27)15-24(23)35-26/h7-12,15,18-19H,13-14,16-17H2,1-6H3. The molecule has 0 saturated heterocycles. The van der Waals surface area contributed by atoms with E-state index in [0.717, 1.165) is 0 Å². The Balaban J connectivity index is 1.91. The third kappa shape index (κ3) is 6.88. The summed E-state index contributed by atoms with van der Waals surface area (Å²) in [4.78, 5) is 21.8. The van der Waals surface area contributed by atoms with Crippen molar-refractivity contribution in [3.8, 4) is 0 Å². The molecule has 0 fully saturated rings. The minimum Gasteiger partial charge on any atom is -0.308 e. The smallest absolute Gasteiger partial charge is 0.260 e. The summed E-state index contributed by atoms with van der Waals surface area (Å²) in [6.07, 6.45) is 0. The number of carbonyl (C=O) groups excluding carboxylic acids is 1. The van der Waals surface area contributed by atoms with Crippen LogP contribution >= 0.6 is 11.3 Å². The molecule has 0 N–H and O–H groups in total. The number of amides is 1. The zero-order valence-corrected chi connectivity index (χ0v) is 23.4. The Morgan fingerprint density at radius 1 is 0.972 bits per heavy atom. The van der Waals surface area contributed by atoms with Gasteiger partial charge in [-0.1, -0.05) is 39.0 Å². The van der Waals surface area contributed by atoms with Gasteiger partial charge in [-0.05, 0) is 68.4 Å². The lowest BCUT2D eigenvalue weighted by molar-refractivity contribution is 0.0985. The molecule has 0 unspecified atom stereocenters. The summed E-state index contributed by atoms with van der Waals surface area (Å²) in [6.45, 7) is 9.79. The Labute approximate surface area is 217 Å². The highest BCUT2D eigenvalue weighted by atomic mass is 32.2. The van der Waals surface area contributed by atoms with Crippen LogP contribution in [0.25, 0.3) is 10.2 Å². The van der Waals surface area contributed by atoms with E-state index in [1.165, 1.54) is 39.9 Å². The van der Waals surface area contributed by atoms with Crippen LogP contribution in [0, 0.1) is 17.7 Å². The summed E-state index contributed by atoms with van der Waals surface area (Å²) < 4.78 is 42.5. The Bertz CT molecular complexity index is 1280. The molecule has 3 aromatic rings. The van der Waals surface area contributed by atoms with Crippen LogP contribution < -0.4 is 4.90 Å². The number of hydrogen-bond acceptors (Lipinski definition) is 6. The van der Waals surface area contributed by atoms with Crippen LogP contribution in [-0.4, -0.2) is 68.8 Å². The molecule has 10 heteroatoms. The molecule has 0 aliphatic heterocycles. The predicted molar refractivity (Wildman–Crippen MR) is 145 cm³/mol. The highest BCUT2D eigenvalue weighted by molar-refractivity contribution is 7.89. The molecule has 0 aliphatic rings. The van der Waals surface area contributed by atoms with Gasteiger partial charge in [0.2, 0.25) is 10.0 Å². The van der Waals surface area contributed by atoms with Crippen LogP contribution in [0.3, 0.4) is 0 Å². The molecule has 0 aliphatic carbocycles. The molecule has 0 bridgehead atoms. The number of sulfonamides is 1. The van der Waals surface area contributed by atoms with Crippen molar-refractivity contribution in [2.24, 2.45) is 11.8 Å². The minimum absolute atomic E-state index is 0.163. The third-order valence-electron chi connectivity index (χ3n) is 5.46. The molecule has 36 heavy (non-hydrogen) atoms. The number of nitrogens with zero attached hydrogens (tertiary/aromatic N) is 4.